The summed E-state index contributed by atoms with van der Waals surface area (Å²) in [4.78, 5) is 37.0. The summed E-state index contributed by atoms with van der Waals surface area (Å²) in [6.07, 6.45) is 21.1. The van der Waals surface area contributed by atoms with Gasteiger partial charge in [-0.3, -0.25) is 14.4 Å². The molecule has 0 saturated carbocycles. The second-order valence-corrected chi connectivity index (χ2v) is 9.28. The van der Waals surface area contributed by atoms with E-state index in [9.17, 15) is 14.4 Å². The molecule has 0 unspecified atom stereocenters. The number of allylic oxidation sites excluding steroid dienone is 2. The molecule has 0 heterocycles. The number of amides is 3. The second-order valence-electron chi connectivity index (χ2n) is 9.28. The predicted molar refractivity (Wildman–Crippen MR) is 143 cm³/mol. The zero-order valence-electron chi connectivity index (χ0n) is 22.4. The van der Waals surface area contributed by atoms with Crippen molar-refractivity contribution in [2.45, 2.75) is 136 Å². The third-order valence-electron chi connectivity index (χ3n) is 5.91. The summed E-state index contributed by atoms with van der Waals surface area (Å²) in [6, 6.07) is -0.651. The van der Waals surface area contributed by atoms with E-state index in [0.29, 0.717) is 25.9 Å². The third kappa shape index (κ3) is 20.7. The average molecular weight is 480 g/mol. The minimum Gasteiger partial charge on any atom is -0.356 e. The molecular weight excluding hydrogens is 426 g/mol. The van der Waals surface area contributed by atoms with Crippen LogP contribution in [0.1, 0.15) is 130 Å². The summed E-state index contributed by atoms with van der Waals surface area (Å²) in [5.41, 5.74) is 0. The Morgan fingerprint density at radius 1 is 0.618 bits per heavy atom. The predicted octanol–water partition coefficient (Wildman–Crippen LogP) is 5.95. The summed E-state index contributed by atoms with van der Waals surface area (Å²) < 4.78 is 0. The minimum atomic E-state index is -0.651. The van der Waals surface area contributed by atoms with Gasteiger partial charge in [0.05, 0.1) is 0 Å². The van der Waals surface area contributed by atoms with Gasteiger partial charge in [-0.2, -0.15) is 0 Å². The lowest BCUT2D eigenvalue weighted by Crippen LogP contribution is -2.47. The number of hydrogen-bond acceptors (Lipinski definition) is 3. The van der Waals surface area contributed by atoms with Crippen LogP contribution in [0.15, 0.2) is 12.2 Å². The molecule has 0 aromatic rings. The zero-order valence-corrected chi connectivity index (χ0v) is 22.4. The molecule has 0 aliphatic heterocycles. The van der Waals surface area contributed by atoms with Gasteiger partial charge in [0.15, 0.2) is 0 Å². The molecule has 0 bridgehead atoms. The van der Waals surface area contributed by atoms with Gasteiger partial charge >= 0.3 is 0 Å². The van der Waals surface area contributed by atoms with Crippen LogP contribution >= 0.6 is 0 Å². The lowest BCUT2D eigenvalue weighted by atomic mass is 10.1. The van der Waals surface area contributed by atoms with E-state index < -0.39 is 6.04 Å². The molecule has 3 N–H and O–H groups in total. The highest BCUT2D eigenvalue weighted by atomic mass is 16.2. The Morgan fingerprint density at radius 2 is 1.18 bits per heavy atom. The molecule has 198 valence electrons. The fraction of sp³-hybridized carbons (Fsp3) is 0.821. The Balaban J connectivity index is 4.17. The maximum Gasteiger partial charge on any atom is 0.242 e. The van der Waals surface area contributed by atoms with Crippen molar-refractivity contribution in [3.63, 3.8) is 0 Å². The van der Waals surface area contributed by atoms with Crippen LogP contribution in [0.25, 0.3) is 0 Å². The van der Waals surface area contributed by atoms with E-state index in [2.05, 4.69) is 48.9 Å². The number of carbonyl (C=O) groups is 3. The first-order valence-electron chi connectivity index (χ1n) is 14.0. The first kappa shape index (κ1) is 32.1. The first-order valence-corrected chi connectivity index (χ1v) is 14.0. The van der Waals surface area contributed by atoms with E-state index in [1.807, 2.05) is 0 Å². The van der Waals surface area contributed by atoms with Crippen LogP contribution in [-0.4, -0.2) is 36.9 Å². The third-order valence-corrected chi connectivity index (χ3v) is 5.91. The van der Waals surface area contributed by atoms with Gasteiger partial charge in [0.25, 0.3) is 0 Å². The van der Waals surface area contributed by atoms with E-state index in [1.165, 1.54) is 38.5 Å². The fourth-order valence-corrected chi connectivity index (χ4v) is 3.64. The summed E-state index contributed by atoms with van der Waals surface area (Å²) in [7, 11) is 0. The van der Waals surface area contributed by atoms with Gasteiger partial charge in [-0.15, -0.1) is 0 Å². The maximum atomic E-state index is 12.5. The molecule has 34 heavy (non-hydrogen) atoms. The number of nitrogens with one attached hydrogen (secondary N) is 3. The Bertz CT molecular complexity index is 549. The summed E-state index contributed by atoms with van der Waals surface area (Å²) in [5, 5.41) is 8.62. The summed E-state index contributed by atoms with van der Waals surface area (Å²) >= 11 is 0. The van der Waals surface area contributed by atoms with E-state index in [4.69, 9.17) is 0 Å². The normalized spacial score (nSPS) is 12.0. The lowest BCUT2D eigenvalue weighted by Gasteiger charge is -2.18. The molecule has 0 rings (SSSR count). The van der Waals surface area contributed by atoms with Crippen LogP contribution in [0, 0.1) is 0 Å². The van der Waals surface area contributed by atoms with E-state index in [-0.39, 0.29) is 24.1 Å². The first-order chi connectivity index (χ1) is 16.5. The highest BCUT2D eigenvalue weighted by Crippen LogP contribution is 2.08. The van der Waals surface area contributed by atoms with Gasteiger partial charge in [0.2, 0.25) is 17.7 Å². The van der Waals surface area contributed by atoms with Gasteiger partial charge in [-0.1, -0.05) is 77.9 Å². The molecule has 0 spiro atoms. The van der Waals surface area contributed by atoms with Crippen molar-refractivity contribution in [3.8, 4) is 0 Å². The molecule has 1 atom stereocenters. The van der Waals surface area contributed by atoms with Crippen molar-refractivity contribution in [1.82, 2.24) is 16.0 Å². The fourth-order valence-electron chi connectivity index (χ4n) is 3.64. The molecule has 0 aromatic carbocycles. The van der Waals surface area contributed by atoms with Crippen molar-refractivity contribution < 1.29 is 14.4 Å². The highest BCUT2D eigenvalue weighted by molar-refractivity contribution is 5.88. The molecule has 3 amide bonds. The molecule has 0 aliphatic rings. The molecule has 0 radical (unpaired) electrons. The molecule has 6 nitrogen and oxygen atoms in total. The molecular formula is C28H53N3O3. The molecule has 0 aliphatic carbocycles. The highest BCUT2D eigenvalue weighted by Gasteiger charge is 2.21. The maximum absolute atomic E-state index is 12.5. The number of hydrogen-bond donors (Lipinski definition) is 3. The average Bonchev–Trinajstić information content (AvgIpc) is 2.82. The van der Waals surface area contributed by atoms with E-state index in [0.717, 1.165) is 51.4 Å². The van der Waals surface area contributed by atoms with Crippen molar-refractivity contribution in [2.75, 3.05) is 13.1 Å². The van der Waals surface area contributed by atoms with Crippen LogP contribution in [0.2, 0.25) is 0 Å². The smallest absolute Gasteiger partial charge is 0.242 e. The molecule has 6 heteroatoms. The van der Waals surface area contributed by atoms with E-state index in [1.54, 1.807) is 0 Å². The number of carbonyl (C=O) groups excluding carboxylic acids is 3. The quantitative estimate of drug-likeness (QED) is 0.125. The van der Waals surface area contributed by atoms with Crippen LogP contribution in [0.5, 0.6) is 0 Å². The molecule has 0 saturated heterocycles. The Hall–Kier alpha value is -1.85. The zero-order chi connectivity index (χ0) is 25.3. The van der Waals surface area contributed by atoms with E-state index >= 15 is 0 Å². The minimum absolute atomic E-state index is 0.0666. The molecule has 0 aromatic heterocycles. The summed E-state index contributed by atoms with van der Waals surface area (Å²) in [6.45, 7) is 7.63. The Morgan fingerprint density at radius 3 is 1.79 bits per heavy atom. The Kier molecular flexibility index (Phi) is 23.0. The van der Waals surface area contributed by atoms with Crippen LogP contribution in [0.4, 0.5) is 0 Å². The lowest BCUT2D eigenvalue weighted by molar-refractivity contribution is -0.129. The Labute approximate surface area is 209 Å². The van der Waals surface area contributed by atoms with Crippen molar-refractivity contribution in [2.24, 2.45) is 0 Å². The number of rotatable bonds is 23. The van der Waals surface area contributed by atoms with Gasteiger partial charge < -0.3 is 16.0 Å². The van der Waals surface area contributed by atoms with Crippen LogP contribution < -0.4 is 16.0 Å². The monoisotopic (exact) mass is 479 g/mol. The van der Waals surface area contributed by atoms with Crippen molar-refractivity contribution in [1.29, 1.82) is 0 Å². The van der Waals surface area contributed by atoms with Crippen molar-refractivity contribution in [3.05, 3.63) is 12.2 Å². The van der Waals surface area contributed by atoms with Gasteiger partial charge in [0.1, 0.15) is 6.04 Å². The standard InChI is InChI=1S/C28H53N3O3/c1-4-7-10-11-12-13-14-15-16-17-18-19-20-27(33)31-25(28(34)30-24-9-6-3)21-22-26(32)29-23-8-5-2/h14-15,25H,4-13,16-24H2,1-3H3,(H,29,32)(H,30,34)(H,31,33)/b15-14+/t25-/m0/s1. The van der Waals surface area contributed by atoms with Crippen molar-refractivity contribution >= 4 is 17.7 Å². The number of unbranched alkanes of at least 4 members (excludes halogenated alkanes) is 10. The molecule has 0 fully saturated rings. The van der Waals surface area contributed by atoms with Gasteiger partial charge in [-0.05, 0) is 51.4 Å². The van der Waals surface area contributed by atoms with Gasteiger partial charge in [-0.25, -0.2) is 0 Å². The summed E-state index contributed by atoms with van der Waals surface area (Å²) in [5.74, 6) is -0.365. The second kappa shape index (κ2) is 24.3. The van der Waals surface area contributed by atoms with Crippen LogP contribution in [-0.2, 0) is 14.4 Å². The largest absolute Gasteiger partial charge is 0.356 e. The van der Waals surface area contributed by atoms with Crippen LogP contribution in [0.3, 0.4) is 0 Å². The SMILES string of the molecule is CCCCCCC/C=C/CCCCCC(=O)N[C@@H](CCC(=O)NCCCC)C(=O)NCCCC. The topological polar surface area (TPSA) is 87.3 Å². The van der Waals surface area contributed by atoms with Gasteiger partial charge in [0, 0.05) is 25.9 Å².